The van der Waals surface area contributed by atoms with Crippen LogP contribution in [0.3, 0.4) is 0 Å². The Bertz CT molecular complexity index is 761. The van der Waals surface area contributed by atoms with Gasteiger partial charge in [-0.05, 0) is 24.6 Å². The maximum atomic E-state index is 14.9. The summed E-state index contributed by atoms with van der Waals surface area (Å²) in [5.74, 6) is -3.94. The van der Waals surface area contributed by atoms with Crippen LogP contribution in [0, 0.1) is 0 Å². The number of methoxy groups -OCH3 is 2. The summed E-state index contributed by atoms with van der Waals surface area (Å²) in [6.07, 6.45) is -0.539. The monoisotopic (exact) mass is 442 g/mol. The summed E-state index contributed by atoms with van der Waals surface area (Å²) in [6.45, 7) is 0.944. The van der Waals surface area contributed by atoms with E-state index < -0.39 is 40.4 Å². The predicted octanol–water partition coefficient (Wildman–Crippen LogP) is 1.81. The minimum absolute atomic E-state index is 0. The van der Waals surface area contributed by atoms with Crippen molar-refractivity contribution in [1.29, 1.82) is 0 Å². The molecule has 0 amide bonds. The van der Waals surface area contributed by atoms with E-state index in [-0.39, 0.29) is 31.2 Å². The lowest BCUT2D eigenvalue weighted by molar-refractivity contribution is -0.144. The molecule has 160 valence electrons. The zero-order valence-electron chi connectivity index (χ0n) is 15.9. The summed E-state index contributed by atoms with van der Waals surface area (Å²) in [4.78, 5) is 11.4. The Morgan fingerprint density at radius 3 is 2.39 bits per heavy atom. The van der Waals surface area contributed by atoms with Gasteiger partial charge in [0.25, 0.3) is 5.92 Å². The van der Waals surface area contributed by atoms with Crippen LogP contribution in [0.5, 0.6) is 5.75 Å². The number of halogens is 3. The van der Waals surface area contributed by atoms with E-state index in [0.717, 1.165) is 11.4 Å². The number of sulfonamides is 1. The zero-order valence-corrected chi connectivity index (χ0v) is 17.5. The average Bonchev–Trinajstić information content (AvgIpc) is 2.93. The highest BCUT2D eigenvalue weighted by Crippen LogP contribution is 2.36. The van der Waals surface area contributed by atoms with E-state index in [1.54, 1.807) is 24.3 Å². The number of esters is 1. The number of nitrogens with one attached hydrogen (secondary N) is 1. The molecule has 0 aliphatic carbocycles. The molecule has 0 bridgehead atoms. The van der Waals surface area contributed by atoms with E-state index in [1.165, 1.54) is 14.0 Å². The van der Waals surface area contributed by atoms with Crippen molar-refractivity contribution in [2.24, 2.45) is 0 Å². The number of nitrogens with zero attached hydrogens (tertiary/aromatic N) is 1. The van der Waals surface area contributed by atoms with Crippen LogP contribution in [0.2, 0.25) is 0 Å². The van der Waals surface area contributed by atoms with E-state index in [1.807, 2.05) is 0 Å². The van der Waals surface area contributed by atoms with Gasteiger partial charge in [-0.2, -0.15) is 4.31 Å². The Kier molecular flexibility index (Phi) is 8.61. The molecule has 1 aromatic rings. The van der Waals surface area contributed by atoms with Gasteiger partial charge in [0.2, 0.25) is 10.0 Å². The molecule has 0 saturated carbocycles. The normalized spacial score (nSPS) is 21.2. The van der Waals surface area contributed by atoms with Gasteiger partial charge >= 0.3 is 5.97 Å². The van der Waals surface area contributed by atoms with Crippen LogP contribution in [0.1, 0.15) is 18.9 Å². The maximum absolute atomic E-state index is 14.9. The van der Waals surface area contributed by atoms with Gasteiger partial charge in [0.05, 0.1) is 32.4 Å². The van der Waals surface area contributed by atoms with Crippen LogP contribution in [-0.4, -0.2) is 63.2 Å². The third-order valence-corrected chi connectivity index (χ3v) is 6.46. The summed E-state index contributed by atoms with van der Waals surface area (Å²) in [6, 6.07) is 3.45. The Balaban J connectivity index is 0.00000392. The molecule has 11 heteroatoms. The number of rotatable bonds is 8. The van der Waals surface area contributed by atoms with Crippen LogP contribution in [0.4, 0.5) is 8.78 Å². The molecule has 1 fully saturated rings. The molecule has 1 aliphatic heterocycles. The number of carbonyl (C=O) groups is 1. The number of ether oxygens (including phenoxy) is 2. The fraction of sp³-hybridized carbons (Fsp3) is 0.588. The van der Waals surface area contributed by atoms with E-state index in [4.69, 9.17) is 4.74 Å². The van der Waals surface area contributed by atoms with Crippen molar-refractivity contribution in [1.82, 2.24) is 9.62 Å². The van der Waals surface area contributed by atoms with Crippen LogP contribution >= 0.6 is 12.4 Å². The first-order chi connectivity index (χ1) is 12.7. The summed E-state index contributed by atoms with van der Waals surface area (Å²) in [5, 5.41) is 2.57. The minimum Gasteiger partial charge on any atom is -0.497 e. The lowest BCUT2D eigenvalue weighted by atomic mass is 10.0. The van der Waals surface area contributed by atoms with Gasteiger partial charge in [0.15, 0.2) is 0 Å². The predicted molar refractivity (Wildman–Crippen MR) is 102 cm³/mol. The third-order valence-electron chi connectivity index (χ3n) is 4.63. The number of carbonyl (C=O) groups excluding carboxylic acids is 1. The highest BCUT2D eigenvalue weighted by Gasteiger charge is 2.57. The first-order valence-electron chi connectivity index (χ1n) is 8.46. The zero-order chi connectivity index (χ0) is 20.2. The third kappa shape index (κ3) is 5.31. The van der Waals surface area contributed by atoms with Gasteiger partial charge in [0, 0.05) is 13.1 Å². The van der Waals surface area contributed by atoms with E-state index in [9.17, 15) is 22.0 Å². The van der Waals surface area contributed by atoms with Gasteiger partial charge in [-0.3, -0.25) is 4.79 Å². The van der Waals surface area contributed by atoms with E-state index in [2.05, 4.69) is 10.1 Å². The molecule has 2 rings (SSSR count). The molecule has 1 aliphatic rings. The van der Waals surface area contributed by atoms with Crippen molar-refractivity contribution < 1.29 is 31.5 Å². The second-order valence-corrected chi connectivity index (χ2v) is 8.44. The minimum atomic E-state index is -3.92. The molecule has 0 spiro atoms. The quantitative estimate of drug-likeness (QED) is 0.618. The Morgan fingerprint density at radius 1 is 1.29 bits per heavy atom. The summed E-state index contributed by atoms with van der Waals surface area (Å²) >= 11 is 0. The highest BCUT2D eigenvalue weighted by molar-refractivity contribution is 7.89. The summed E-state index contributed by atoms with van der Waals surface area (Å²) in [7, 11) is -1.31. The molecule has 2 atom stereocenters. The largest absolute Gasteiger partial charge is 0.497 e. The van der Waals surface area contributed by atoms with Crippen LogP contribution < -0.4 is 10.1 Å². The molecule has 7 nitrogen and oxygen atoms in total. The van der Waals surface area contributed by atoms with Gasteiger partial charge in [-0.15, -0.1) is 12.4 Å². The number of benzene rings is 1. The van der Waals surface area contributed by atoms with Gasteiger partial charge in [0.1, 0.15) is 11.8 Å². The number of hydrogen-bond donors (Lipinski definition) is 1. The van der Waals surface area contributed by atoms with Crippen molar-refractivity contribution in [3.05, 3.63) is 29.8 Å². The first kappa shape index (κ1) is 24.5. The topological polar surface area (TPSA) is 84.9 Å². The van der Waals surface area contributed by atoms with Crippen molar-refractivity contribution in [2.45, 2.75) is 37.9 Å². The van der Waals surface area contributed by atoms with Crippen molar-refractivity contribution >= 4 is 28.4 Å². The molecule has 1 aromatic carbocycles. The number of hydrogen-bond acceptors (Lipinski definition) is 6. The molecular formula is C17H25ClF2N2O5S. The lowest BCUT2D eigenvalue weighted by Crippen LogP contribution is -2.52. The fourth-order valence-electron chi connectivity index (χ4n) is 2.99. The molecule has 0 unspecified atom stereocenters. The van der Waals surface area contributed by atoms with E-state index >= 15 is 0 Å². The van der Waals surface area contributed by atoms with Gasteiger partial charge < -0.3 is 14.8 Å². The SMILES string of the molecule is CCS(=O)(=O)N(Cc1ccc(OC)cc1)[C@@H]1CN[C@H](CC(=O)OC)C1(F)F.Cl. The highest BCUT2D eigenvalue weighted by atomic mass is 35.5. The van der Waals surface area contributed by atoms with Crippen molar-refractivity contribution in [3.63, 3.8) is 0 Å². The average molecular weight is 443 g/mol. The Hall–Kier alpha value is -1.49. The van der Waals surface area contributed by atoms with Crippen LogP contribution in [0.15, 0.2) is 24.3 Å². The second kappa shape index (κ2) is 9.82. The van der Waals surface area contributed by atoms with Crippen LogP contribution in [0.25, 0.3) is 0 Å². The Morgan fingerprint density at radius 2 is 1.89 bits per heavy atom. The number of alkyl halides is 2. The lowest BCUT2D eigenvalue weighted by Gasteiger charge is -2.32. The molecule has 1 N–H and O–H groups in total. The maximum Gasteiger partial charge on any atom is 0.307 e. The standard InChI is InChI=1S/C17H24F2N2O5S.ClH/c1-4-27(23,24)21(11-12-5-7-13(25-2)8-6-12)15-10-20-14(17(15,18)19)9-16(22)26-3;/h5-8,14-15,20H,4,9-11H2,1-3H3;1H/t14-,15-;/m1./s1. The molecular weight excluding hydrogens is 418 g/mol. The van der Waals surface area contributed by atoms with Gasteiger partial charge in [-0.25, -0.2) is 17.2 Å². The molecule has 1 heterocycles. The Labute approximate surface area is 169 Å². The van der Waals surface area contributed by atoms with Gasteiger partial charge in [-0.1, -0.05) is 12.1 Å². The van der Waals surface area contributed by atoms with Crippen molar-refractivity contribution in [2.75, 3.05) is 26.5 Å². The fourth-order valence-corrected chi connectivity index (χ4v) is 4.27. The molecule has 0 aromatic heterocycles. The van der Waals surface area contributed by atoms with Crippen molar-refractivity contribution in [3.8, 4) is 5.75 Å². The molecule has 28 heavy (non-hydrogen) atoms. The summed E-state index contributed by atoms with van der Waals surface area (Å²) in [5.41, 5.74) is 0.556. The molecule has 1 saturated heterocycles. The molecule has 0 radical (unpaired) electrons. The van der Waals surface area contributed by atoms with E-state index in [0.29, 0.717) is 11.3 Å². The first-order valence-corrected chi connectivity index (χ1v) is 10.1. The smallest absolute Gasteiger partial charge is 0.307 e. The van der Waals surface area contributed by atoms with Crippen LogP contribution in [-0.2, 0) is 26.1 Å². The summed E-state index contributed by atoms with van der Waals surface area (Å²) < 4.78 is 65.2. The second-order valence-electron chi connectivity index (χ2n) is 6.23.